The van der Waals surface area contributed by atoms with Crippen molar-refractivity contribution in [1.82, 2.24) is 0 Å². The molecule has 88 valence electrons. The summed E-state index contributed by atoms with van der Waals surface area (Å²) in [4.78, 5) is 0. The highest BCUT2D eigenvalue weighted by atomic mass is 35.5. The van der Waals surface area contributed by atoms with Gasteiger partial charge in [0.1, 0.15) is 5.75 Å². The molecule has 0 bridgehead atoms. The Morgan fingerprint density at radius 2 is 2.06 bits per heavy atom. The average Bonchev–Trinajstić information content (AvgIpc) is 2.93. The van der Waals surface area contributed by atoms with Gasteiger partial charge >= 0.3 is 0 Å². The fraction of sp³-hybridized carbons (Fsp3) is 0.538. The van der Waals surface area contributed by atoms with Crippen LogP contribution in [0.15, 0.2) is 6.07 Å². The number of halogens is 1. The van der Waals surface area contributed by atoms with Crippen LogP contribution in [-0.2, 0) is 6.42 Å². The number of benzene rings is 1. The van der Waals surface area contributed by atoms with Crippen LogP contribution < -0.4 is 4.74 Å². The fourth-order valence-corrected chi connectivity index (χ4v) is 2.29. The normalized spacial score (nSPS) is 17.3. The molecule has 2 rings (SSSR count). The highest BCUT2D eigenvalue weighted by Crippen LogP contribution is 2.42. The molecule has 0 unspecified atom stereocenters. The number of rotatable bonds is 3. The molecule has 1 aromatic carbocycles. The third kappa shape index (κ3) is 2.04. The van der Waals surface area contributed by atoms with Gasteiger partial charge in [0, 0.05) is 6.42 Å². The summed E-state index contributed by atoms with van der Waals surface area (Å²) in [5.41, 5.74) is 2.68. The van der Waals surface area contributed by atoms with Gasteiger partial charge in [-0.1, -0.05) is 17.7 Å². The molecule has 0 radical (unpaired) electrons. The summed E-state index contributed by atoms with van der Waals surface area (Å²) in [7, 11) is 1.62. The molecule has 0 heterocycles. The van der Waals surface area contributed by atoms with E-state index < -0.39 is 5.60 Å². The van der Waals surface area contributed by atoms with Crippen LogP contribution in [0.2, 0.25) is 5.02 Å². The molecular formula is C13H17ClO2. The number of methoxy groups -OCH3 is 1. The van der Waals surface area contributed by atoms with Crippen molar-refractivity contribution in [3.8, 4) is 5.75 Å². The fourth-order valence-electron chi connectivity index (χ4n) is 1.95. The molecule has 3 heteroatoms. The number of hydrogen-bond donors (Lipinski definition) is 1. The van der Waals surface area contributed by atoms with E-state index in [4.69, 9.17) is 16.3 Å². The molecular weight excluding hydrogens is 224 g/mol. The molecule has 16 heavy (non-hydrogen) atoms. The Morgan fingerprint density at radius 3 is 2.56 bits per heavy atom. The summed E-state index contributed by atoms with van der Waals surface area (Å²) in [5.74, 6) is 0.713. The molecule has 0 saturated heterocycles. The Bertz CT molecular complexity index is 422. The smallest absolute Gasteiger partial charge is 0.141 e. The summed E-state index contributed by atoms with van der Waals surface area (Å²) in [6, 6.07) is 2.07. The minimum atomic E-state index is -0.516. The third-order valence-electron chi connectivity index (χ3n) is 3.35. The zero-order valence-corrected chi connectivity index (χ0v) is 10.7. The SMILES string of the molecule is COc1c(CC2(O)CC2)cc(C)c(C)c1Cl. The van der Waals surface area contributed by atoms with E-state index in [0.717, 1.165) is 29.5 Å². The summed E-state index contributed by atoms with van der Waals surface area (Å²) in [5, 5.41) is 10.6. The Balaban J connectivity index is 2.43. The zero-order valence-electron chi connectivity index (χ0n) is 9.93. The molecule has 0 aliphatic heterocycles. The van der Waals surface area contributed by atoms with Crippen molar-refractivity contribution >= 4 is 11.6 Å². The van der Waals surface area contributed by atoms with Gasteiger partial charge in [0.2, 0.25) is 0 Å². The van der Waals surface area contributed by atoms with Crippen molar-refractivity contribution in [2.24, 2.45) is 0 Å². The van der Waals surface area contributed by atoms with Gasteiger partial charge in [0.25, 0.3) is 0 Å². The average molecular weight is 241 g/mol. The molecule has 0 amide bonds. The van der Waals surface area contributed by atoms with Gasteiger partial charge in [0.05, 0.1) is 17.7 Å². The van der Waals surface area contributed by atoms with Crippen LogP contribution in [0.5, 0.6) is 5.75 Å². The molecule has 1 N–H and O–H groups in total. The Kier molecular flexibility index (Phi) is 2.89. The van der Waals surface area contributed by atoms with E-state index in [-0.39, 0.29) is 0 Å². The molecule has 0 atom stereocenters. The van der Waals surface area contributed by atoms with Crippen molar-refractivity contribution in [2.75, 3.05) is 7.11 Å². The van der Waals surface area contributed by atoms with Crippen molar-refractivity contribution in [1.29, 1.82) is 0 Å². The van der Waals surface area contributed by atoms with Crippen LogP contribution in [0.25, 0.3) is 0 Å². The lowest BCUT2D eigenvalue weighted by Crippen LogP contribution is -2.12. The molecule has 0 spiro atoms. The lowest BCUT2D eigenvalue weighted by molar-refractivity contribution is 0.150. The van der Waals surface area contributed by atoms with Crippen molar-refractivity contribution in [3.63, 3.8) is 0 Å². The lowest BCUT2D eigenvalue weighted by atomic mass is 9.99. The largest absolute Gasteiger partial charge is 0.495 e. The van der Waals surface area contributed by atoms with Gasteiger partial charge in [-0.25, -0.2) is 0 Å². The highest BCUT2D eigenvalue weighted by molar-refractivity contribution is 6.33. The minimum Gasteiger partial charge on any atom is -0.495 e. The quantitative estimate of drug-likeness (QED) is 0.880. The van der Waals surface area contributed by atoms with E-state index >= 15 is 0 Å². The second-order valence-corrected chi connectivity index (χ2v) is 5.10. The number of ether oxygens (including phenoxy) is 1. The van der Waals surface area contributed by atoms with Crippen molar-refractivity contribution in [2.45, 2.75) is 38.7 Å². The number of hydrogen-bond acceptors (Lipinski definition) is 2. The van der Waals surface area contributed by atoms with Crippen LogP contribution in [0, 0.1) is 13.8 Å². The maximum absolute atomic E-state index is 9.95. The maximum Gasteiger partial charge on any atom is 0.141 e. The minimum absolute atomic E-state index is 0.516. The van der Waals surface area contributed by atoms with E-state index in [1.807, 2.05) is 13.8 Å². The van der Waals surface area contributed by atoms with E-state index in [9.17, 15) is 5.11 Å². The second kappa shape index (κ2) is 3.94. The first-order chi connectivity index (χ1) is 7.47. The number of aryl methyl sites for hydroxylation is 1. The van der Waals surface area contributed by atoms with Gasteiger partial charge in [-0.05, 0) is 43.4 Å². The van der Waals surface area contributed by atoms with Crippen LogP contribution in [-0.4, -0.2) is 17.8 Å². The Hall–Kier alpha value is -0.730. The van der Waals surface area contributed by atoms with E-state index in [1.54, 1.807) is 7.11 Å². The van der Waals surface area contributed by atoms with E-state index in [1.165, 1.54) is 0 Å². The first kappa shape index (κ1) is 11.7. The maximum atomic E-state index is 9.95. The first-order valence-electron chi connectivity index (χ1n) is 5.52. The molecule has 2 nitrogen and oxygen atoms in total. The Morgan fingerprint density at radius 1 is 1.44 bits per heavy atom. The van der Waals surface area contributed by atoms with Gasteiger partial charge in [0.15, 0.2) is 0 Å². The van der Waals surface area contributed by atoms with Crippen LogP contribution >= 0.6 is 11.6 Å². The van der Waals surface area contributed by atoms with E-state index in [0.29, 0.717) is 17.2 Å². The lowest BCUT2D eigenvalue weighted by Gasteiger charge is -2.16. The first-order valence-corrected chi connectivity index (χ1v) is 5.89. The predicted octanol–water partition coefficient (Wildman–Crippen LogP) is 3.03. The van der Waals surface area contributed by atoms with Crippen molar-refractivity contribution in [3.05, 3.63) is 27.8 Å². The topological polar surface area (TPSA) is 29.5 Å². The highest BCUT2D eigenvalue weighted by Gasteiger charge is 2.41. The molecule has 1 fully saturated rings. The molecule has 0 aromatic heterocycles. The van der Waals surface area contributed by atoms with Crippen LogP contribution in [0.3, 0.4) is 0 Å². The standard InChI is InChI=1S/C13H17ClO2/c1-8-6-10(7-13(15)4-5-13)12(16-3)11(14)9(8)2/h6,15H,4-5,7H2,1-3H3. The zero-order chi connectivity index (χ0) is 11.9. The van der Waals surface area contributed by atoms with Crippen molar-refractivity contribution < 1.29 is 9.84 Å². The second-order valence-electron chi connectivity index (χ2n) is 4.73. The molecule has 1 aromatic rings. The molecule has 1 saturated carbocycles. The molecule has 1 aliphatic rings. The van der Waals surface area contributed by atoms with Gasteiger partial charge in [-0.15, -0.1) is 0 Å². The number of aliphatic hydroxyl groups is 1. The van der Waals surface area contributed by atoms with Crippen LogP contribution in [0.4, 0.5) is 0 Å². The summed E-state index contributed by atoms with van der Waals surface area (Å²) in [6.45, 7) is 4.01. The molecule has 1 aliphatic carbocycles. The van der Waals surface area contributed by atoms with Gasteiger partial charge in [-0.3, -0.25) is 0 Å². The van der Waals surface area contributed by atoms with Gasteiger partial charge < -0.3 is 9.84 Å². The van der Waals surface area contributed by atoms with Gasteiger partial charge in [-0.2, -0.15) is 0 Å². The Labute approximate surface area is 101 Å². The monoisotopic (exact) mass is 240 g/mol. The third-order valence-corrected chi connectivity index (χ3v) is 3.81. The van der Waals surface area contributed by atoms with E-state index in [2.05, 4.69) is 6.07 Å². The predicted molar refractivity (Wildman–Crippen MR) is 65.4 cm³/mol. The summed E-state index contributed by atoms with van der Waals surface area (Å²) >= 11 is 6.25. The summed E-state index contributed by atoms with van der Waals surface area (Å²) in [6.07, 6.45) is 2.39. The van der Waals surface area contributed by atoms with Crippen LogP contribution in [0.1, 0.15) is 29.5 Å². The summed E-state index contributed by atoms with van der Waals surface area (Å²) < 4.78 is 5.34.